The summed E-state index contributed by atoms with van der Waals surface area (Å²) >= 11 is 14.9. The predicted molar refractivity (Wildman–Crippen MR) is 157 cm³/mol. The number of ketones is 1. The minimum Gasteiger partial charge on any atom is -0.497 e. The summed E-state index contributed by atoms with van der Waals surface area (Å²) in [4.78, 5) is 51.0. The topological polar surface area (TPSA) is 90.0 Å². The maximum absolute atomic E-state index is 13.8. The lowest BCUT2D eigenvalue weighted by atomic mass is 9.54. The highest BCUT2D eigenvalue weighted by atomic mass is 35.5. The third-order valence-corrected chi connectivity index (χ3v) is 10.0. The highest BCUT2D eigenvalue weighted by Gasteiger charge is 2.72. The van der Waals surface area contributed by atoms with Gasteiger partial charge in [0.15, 0.2) is 12.4 Å². The molecule has 0 unspecified atom stereocenters. The van der Waals surface area contributed by atoms with Crippen LogP contribution in [0.1, 0.15) is 58.3 Å². The van der Waals surface area contributed by atoms with Crippen LogP contribution >= 0.6 is 23.2 Å². The lowest BCUT2D eigenvalue weighted by Crippen LogP contribution is -2.57. The molecular weight excluding hydrogens is 577 g/mol. The molecule has 1 heterocycles. The van der Waals surface area contributed by atoms with Gasteiger partial charge in [-0.1, -0.05) is 55.0 Å². The molecule has 2 bridgehead atoms. The molecule has 1 saturated heterocycles. The van der Waals surface area contributed by atoms with Crippen molar-refractivity contribution in [3.8, 4) is 5.75 Å². The highest BCUT2D eigenvalue weighted by molar-refractivity contribution is 6.36. The number of methoxy groups -OCH3 is 1. The first-order valence-electron chi connectivity index (χ1n) is 14.0. The monoisotopic (exact) mass is 605 g/mol. The molecule has 0 saturated carbocycles. The number of carbonyl (C=O) groups is 4. The molecule has 0 N–H and O–H groups in total. The van der Waals surface area contributed by atoms with Gasteiger partial charge in [-0.2, -0.15) is 0 Å². The normalized spacial score (nSPS) is 25.1. The Balaban J connectivity index is 1.07. The van der Waals surface area contributed by atoms with Crippen molar-refractivity contribution in [1.29, 1.82) is 0 Å². The number of ether oxygens (including phenoxy) is 2. The van der Waals surface area contributed by atoms with Crippen LogP contribution in [0.2, 0.25) is 0 Å². The van der Waals surface area contributed by atoms with E-state index in [2.05, 4.69) is 0 Å². The zero-order valence-corrected chi connectivity index (χ0v) is 24.5. The van der Waals surface area contributed by atoms with E-state index in [0.717, 1.165) is 22.3 Å². The van der Waals surface area contributed by atoms with Gasteiger partial charge in [0.2, 0.25) is 11.8 Å². The largest absolute Gasteiger partial charge is 0.497 e. The Morgan fingerprint density at radius 3 is 1.74 bits per heavy atom. The molecule has 2 atom stereocenters. The Hall–Kier alpha value is -3.68. The van der Waals surface area contributed by atoms with Crippen molar-refractivity contribution in [2.75, 3.05) is 20.3 Å². The standard InChI is InChI=1S/C33H29Cl2NO6/c1-41-21-16-14-20(15-17-21)26(37)19-42-27(38)13-3-2-8-18-36-30(39)28-29(31(36)40)33(35)23-10-5-4-9-22(23)32(28,34)24-11-6-7-12-25(24)33/h4-7,9-12,14-17,28-29H,2-3,8,13,18-19H2,1H3/t28-,29-,32?,33?/m1/s1. The van der Waals surface area contributed by atoms with Gasteiger partial charge in [0.25, 0.3) is 0 Å². The van der Waals surface area contributed by atoms with Crippen molar-refractivity contribution in [2.24, 2.45) is 11.8 Å². The minimum absolute atomic E-state index is 0.128. The molecule has 2 amide bonds. The van der Waals surface area contributed by atoms with Crippen LogP contribution in [-0.2, 0) is 28.9 Å². The minimum atomic E-state index is -1.19. The first-order chi connectivity index (χ1) is 20.2. The Morgan fingerprint density at radius 1 is 0.762 bits per heavy atom. The number of carbonyl (C=O) groups excluding carboxylic acids is 4. The number of benzene rings is 3. The van der Waals surface area contributed by atoms with Crippen molar-refractivity contribution < 1.29 is 28.7 Å². The van der Waals surface area contributed by atoms with Crippen molar-refractivity contribution in [1.82, 2.24) is 4.90 Å². The van der Waals surface area contributed by atoms with Crippen molar-refractivity contribution in [3.63, 3.8) is 0 Å². The van der Waals surface area contributed by atoms with E-state index < -0.39 is 27.6 Å². The van der Waals surface area contributed by atoms with Gasteiger partial charge in [0, 0.05) is 18.5 Å². The van der Waals surface area contributed by atoms with Gasteiger partial charge in [-0.15, -0.1) is 23.2 Å². The molecular formula is C33H29Cl2NO6. The van der Waals surface area contributed by atoms with Crippen LogP contribution in [-0.4, -0.2) is 48.7 Å². The maximum atomic E-state index is 13.8. The van der Waals surface area contributed by atoms with E-state index in [0.29, 0.717) is 30.6 Å². The maximum Gasteiger partial charge on any atom is 0.306 e. The van der Waals surface area contributed by atoms with Crippen LogP contribution in [0.4, 0.5) is 0 Å². The van der Waals surface area contributed by atoms with Crippen LogP contribution in [0.25, 0.3) is 0 Å². The number of hydrogen-bond donors (Lipinski definition) is 0. The number of halogens is 2. The van der Waals surface area contributed by atoms with E-state index in [1.807, 2.05) is 48.5 Å². The van der Waals surface area contributed by atoms with Crippen molar-refractivity contribution in [2.45, 2.75) is 35.4 Å². The number of likely N-dealkylation sites (tertiary alicyclic amines) is 1. The number of hydrogen-bond acceptors (Lipinski definition) is 6. The molecule has 42 heavy (non-hydrogen) atoms. The fourth-order valence-electron chi connectivity index (χ4n) is 6.74. The Kier molecular flexibility index (Phi) is 7.36. The zero-order chi connectivity index (χ0) is 29.6. The quantitative estimate of drug-likeness (QED) is 0.0986. The molecule has 1 fully saturated rings. The van der Waals surface area contributed by atoms with Gasteiger partial charge in [-0.25, -0.2) is 0 Å². The van der Waals surface area contributed by atoms with Gasteiger partial charge in [0.1, 0.15) is 15.5 Å². The molecule has 4 aliphatic rings. The zero-order valence-electron chi connectivity index (χ0n) is 23.0. The number of amides is 2. The molecule has 7 nitrogen and oxygen atoms in total. The van der Waals surface area contributed by atoms with Crippen LogP contribution in [0.3, 0.4) is 0 Å². The van der Waals surface area contributed by atoms with E-state index >= 15 is 0 Å². The predicted octanol–water partition coefficient (Wildman–Crippen LogP) is 5.57. The van der Waals surface area contributed by atoms with E-state index in [1.54, 1.807) is 24.3 Å². The summed E-state index contributed by atoms with van der Waals surface area (Å²) in [7, 11) is 1.54. The van der Waals surface area contributed by atoms with Gasteiger partial charge in [-0.3, -0.25) is 24.1 Å². The number of nitrogens with zero attached hydrogens (tertiary/aromatic N) is 1. The highest BCUT2D eigenvalue weighted by Crippen LogP contribution is 2.69. The van der Waals surface area contributed by atoms with E-state index in [1.165, 1.54) is 12.0 Å². The first-order valence-corrected chi connectivity index (χ1v) is 14.7. The molecule has 9 heteroatoms. The Morgan fingerprint density at radius 2 is 1.26 bits per heavy atom. The summed E-state index contributed by atoms with van der Waals surface area (Å²) in [5, 5.41) is 0. The first kappa shape index (κ1) is 28.4. The Bertz CT molecular complexity index is 1460. The third kappa shape index (κ3) is 4.24. The summed E-state index contributed by atoms with van der Waals surface area (Å²) in [5.41, 5.74) is 3.52. The molecule has 3 aliphatic carbocycles. The number of unbranched alkanes of at least 4 members (excludes halogenated alkanes) is 2. The second kappa shape index (κ2) is 10.9. The summed E-state index contributed by atoms with van der Waals surface area (Å²) in [6, 6.07) is 21.7. The van der Waals surface area contributed by atoms with E-state index in [4.69, 9.17) is 32.7 Å². The third-order valence-electron chi connectivity index (χ3n) is 8.72. The second-order valence-electron chi connectivity index (χ2n) is 10.9. The second-order valence-corrected chi connectivity index (χ2v) is 12.1. The van der Waals surface area contributed by atoms with Gasteiger partial charge >= 0.3 is 5.97 Å². The molecule has 7 rings (SSSR count). The summed E-state index contributed by atoms with van der Waals surface area (Å²) in [6.45, 7) is -0.127. The summed E-state index contributed by atoms with van der Waals surface area (Å²) < 4.78 is 10.2. The molecule has 0 aromatic heterocycles. The average Bonchev–Trinajstić information content (AvgIpc) is 3.28. The molecule has 216 valence electrons. The van der Waals surface area contributed by atoms with Gasteiger partial charge in [-0.05, 0) is 59.4 Å². The summed E-state index contributed by atoms with van der Waals surface area (Å²) in [5.74, 6) is -2.40. The molecule has 1 aliphatic heterocycles. The average molecular weight is 607 g/mol. The summed E-state index contributed by atoms with van der Waals surface area (Å²) in [6.07, 6.45) is 1.73. The van der Waals surface area contributed by atoms with Crippen molar-refractivity contribution >= 4 is 46.8 Å². The van der Waals surface area contributed by atoms with Crippen LogP contribution < -0.4 is 4.74 Å². The smallest absolute Gasteiger partial charge is 0.306 e. The van der Waals surface area contributed by atoms with E-state index in [-0.39, 0.29) is 37.2 Å². The number of esters is 1. The molecule has 0 spiro atoms. The lowest BCUT2D eigenvalue weighted by molar-refractivity contribution is -0.143. The van der Waals surface area contributed by atoms with Crippen LogP contribution in [0.15, 0.2) is 72.8 Å². The SMILES string of the molecule is COc1ccc(C(=O)COC(=O)CCCCCN2C(=O)[C@H]3[C@H](C2=O)C2(Cl)c4ccccc4C3(Cl)c3ccccc32)cc1. The lowest BCUT2D eigenvalue weighted by Gasteiger charge is -2.54. The van der Waals surface area contributed by atoms with E-state index in [9.17, 15) is 19.2 Å². The number of rotatable bonds is 10. The fraction of sp³-hybridized carbons (Fsp3) is 0.333. The van der Waals surface area contributed by atoms with Crippen LogP contribution in [0.5, 0.6) is 5.75 Å². The van der Waals surface area contributed by atoms with Gasteiger partial charge in [0.05, 0.1) is 18.9 Å². The number of Topliss-reactive ketones (excluding diaryl/α,β-unsaturated/α-hetero) is 1. The Labute approximate surface area is 253 Å². The van der Waals surface area contributed by atoms with Crippen molar-refractivity contribution in [3.05, 3.63) is 101 Å². The van der Waals surface area contributed by atoms with Gasteiger partial charge < -0.3 is 9.47 Å². The van der Waals surface area contributed by atoms with Crippen LogP contribution in [0, 0.1) is 11.8 Å². The number of imide groups is 1. The molecule has 3 aromatic carbocycles. The number of alkyl halides is 2. The molecule has 3 aromatic rings. The fourth-order valence-corrected chi connectivity index (χ4v) is 7.84. The molecule has 0 radical (unpaired) electrons.